The summed E-state index contributed by atoms with van der Waals surface area (Å²) in [4.78, 5) is 22.4. The first-order chi connectivity index (χ1) is 10.2. The summed E-state index contributed by atoms with van der Waals surface area (Å²) in [6.45, 7) is 0.723. The number of aromatic nitrogens is 2. The fraction of sp³-hybridized carbons (Fsp3) is 0.667. The van der Waals surface area contributed by atoms with E-state index >= 15 is 0 Å². The number of carbonyl (C=O) groups is 1. The number of nitrogens with zero attached hydrogens (tertiary/aromatic N) is 3. The first-order valence-electron chi connectivity index (χ1n) is 7.73. The second-order valence-corrected chi connectivity index (χ2v) is 6.05. The number of rotatable bonds is 2. The molecule has 1 aromatic heterocycles. The predicted molar refractivity (Wildman–Crippen MR) is 78.5 cm³/mol. The molecule has 6 nitrogen and oxygen atoms in total. The van der Waals surface area contributed by atoms with Gasteiger partial charge < -0.3 is 15.7 Å². The molecule has 21 heavy (non-hydrogen) atoms. The molecule has 6 heteroatoms. The summed E-state index contributed by atoms with van der Waals surface area (Å²) < 4.78 is 0. The third-order valence-corrected chi connectivity index (χ3v) is 4.81. The number of nitrogens with two attached hydrogens (primary N) is 1. The highest BCUT2D eigenvalue weighted by atomic mass is 16.3. The number of amides is 1. The van der Waals surface area contributed by atoms with Crippen molar-refractivity contribution in [1.29, 1.82) is 0 Å². The fourth-order valence-corrected chi connectivity index (χ4v) is 3.74. The standard InChI is InChI=1S/C15H22N4O2/c16-14-11(8-17-9-18-14)15(21)19-7-3-5-12(19)10-4-1-2-6-13(10)20/h8-10,12-13,20H,1-7H2,(H2,16,17,18). The molecule has 0 spiro atoms. The highest BCUT2D eigenvalue weighted by Crippen LogP contribution is 2.35. The summed E-state index contributed by atoms with van der Waals surface area (Å²) in [6, 6.07) is 0.118. The van der Waals surface area contributed by atoms with E-state index in [1.54, 1.807) is 0 Å². The molecule has 3 atom stereocenters. The van der Waals surface area contributed by atoms with Gasteiger partial charge in [-0.15, -0.1) is 0 Å². The number of aliphatic hydroxyl groups is 1. The van der Waals surface area contributed by atoms with Crippen LogP contribution < -0.4 is 5.73 Å². The van der Waals surface area contributed by atoms with Gasteiger partial charge in [0.15, 0.2) is 0 Å². The van der Waals surface area contributed by atoms with Crippen molar-refractivity contribution >= 4 is 11.7 Å². The van der Waals surface area contributed by atoms with Crippen molar-refractivity contribution in [2.75, 3.05) is 12.3 Å². The van der Waals surface area contributed by atoms with Crippen molar-refractivity contribution in [2.24, 2.45) is 5.92 Å². The van der Waals surface area contributed by atoms with Gasteiger partial charge in [-0.1, -0.05) is 12.8 Å². The summed E-state index contributed by atoms with van der Waals surface area (Å²) in [5.41, 5.74) is 6.16. The molecular formula is C15H22N4O2. The Balaban J connectivity index is 1.80. The molecule has 3 N–H and O–H groups in total. The van der Waals surface area contributed by atoms with Gasteiger partial charge in [0.2, 0.25) is 0 Å². The minimum Gasteiger partial charge on any atom is -0.393 e. The molecule has 1 aromatic rings. The molecule has 2 heterocycles. The molecule has 3 rings (SSSR count). The van der Waals surface area contributed by atoms with Gasteiger partial charge >= 0.3 is 0 Å². The van der Waals surface area contributed by atoms with E-state index in [0.29, 0.717) is 5.56 Å². The van der Waals surface area contributed by atoms with Crippen molar-refractivity contribution in [3.05, 3.63) is 18.1 Å². The Kier molecular flexibility index (Phi) is 4.05. The quantitative estimate of drug-likeness (QED) is 0.854. The van der Waals surface area contributed by atoms with E-state index in [4.69, 9.17) is 5.73 Å². The van der Waals surface area contributed by atoms with E-state index in [1.165, 1.54) is 12.5 Å². The van der Waals surface area contributed by atoms with Crippen LogP contribution in [0.15, 0.2) is 12.5 Å². The zero-order chi connectivity index (χ0) is 14.8. The number of likely N-dealkylation sites (tertiary alicyclic amines) is 1. The number of nitrogen functional groups attached to an aromatic ring is 1. The highest BCUT2D eigenvalue weighted by molar-refractivity contribution is 5.98. The van der Waals surface area contributed by atoms with E-state index in [0.717, 1.165) is 45.1 Å². The van der Waals surface area contributed by atoms with Gasteiger partial charge in [0, 0.05) is 24.7 Å². The summed E-state index contributed by atoms with van der Waals surface area (Å²) in [6.07, 6.45) is 8.54. The Hall–Kier alpha value is -1.69. The number of aliphatic hydroxyl groups excluding tert-OH is 1. The van der Waals surface area contributed by atoms with Crippen LogP contribution in [0.25, 0.3) is 0 Å². The average molecular weight is 290 g/mol. The van der Waals surface area contributed by atoms with Crippen LogP contribution in [0.1, 0.15) is 48.9 Å². The predicted octanol–water partition coefficient (Wildman–Crippen LogP) is 1.21. The van der Waals surface area contributed by atoms with Crippen LogP contribution in [-0.4, -0.2) is 44.6 Å². The average Bonchev–Trinajstić information content (AvgIpc) is 2.97. The van der Waals surface area contributed by atoms with E-state index in [9.17, 15) is 9.90 Å². The van der Waals surface area contributed by atoms with Crippen LogP contribution >= 0.6 is 0 Å². The molecule has 1 aliphatic carbocycles. The summed E-state index contributed by atoms with van der Waals surface area (Å²) in [7, 11) is 0. The Labute approximate surface area is 124 Å². The molecule has 2 fully saturated rings. The molecule has 2 aliphatic rings. The van der Waals surface area contributed by atoms with Crippen LogP contribution in [0.4, 0.5) is 5.82 Å². The largest absolute Gasteiger partial charge is 0.393 e. The van der Waals surface area contributed by atoms with Gasteiger partial charge in [-0.2, -0.15) is 0 Å². The molecule has 3 unspecified atom stereocenters. The van der Waals surface area contributed by atoms with Crippen molar-refractivity contribution in [3.8, 4) is 0 Å². The second kappa shape index (κ2) is 5.97. The van der Waals surface area contributed by atoms with Crippen molar-refractivity contribution < 1.29 is 9.90 Å². The summed E-state index contributed by atoms with van der Waals surface area (Å²) in [5.74, 6) is 0.314. The van der Waals surface area contributed by atoms with Crippen LogP contribution in [0, 0.1) is 5.92 Å². The minimum atomic E-state index is -0.290. The van der Waals surface area contributed by atoms with Gasteiger partial charge in [0.1, 0.15) is 17.7 Å². The third kappa shape index (κ3) is 2.72. The molecule has 114 valence electrons. The maximum atomic E-state index is 12.7. The first kappa shape index (κ1) is 14.3. The lowest BCUT2D eigenvalue weighted by atomic mass is 9.80. The second-order valence-electron chi connectivity index (χ2n) is 6.05. The van der Waals surface area contributed by atoms with Crippen LogP contribution in [0.2, 0.25) is 0 Å². The van der Waals surface area contributed by atoms with E-state index < -0.39 is 0 Å². The van der Waals surface area contributed by atoms with E-state index in [-0.39, 0.29) is 29.8 Å². The summed E-state index contributed by atoms with van der Waals surface area (Å²) in [5, 5.41) is 10.3. The maximum absolute atomic E-state index is 12.7. The molecule has 1 saturated carbocycles. The van der Waals surface area contributed by atoms with E-state index in [2.05, 4.69) is 9.97 Å². The van der Waals surface area contributed by atoms with E-state index in [1.807, 2.05) is 4.90 Å². The molecule has 0 bridgehead atoms. The topological polar surface area (TPSA) is 92.3 Å². The lowest BCUT2D eigenvalue weighted by Crippen LogP contribution is -2.45. The Morgan fingerprint density at radius 2 is 2.10 bits per heavy atom. The fourth-order valence-electron chi connectivity index (χ4n) is 3.74. The molecule has 1 aliphatic heterocycles. The number of carbonyl (C=O) groups excluding carboxylic acids is 1. The lowest BCUT2D eigenvalue weighted by molar-refractivity contribution is 0.0212. The van der Waals surface area contributed by atoms with Crippen LogP contribution in [0.5, 0.6) is 0 Å². The van der Waals surface area contributed by atoms with Crippen molar-refractivity contribution in [3.63, 3.8) is 0 Å². The SMILES string of the molecule is Nc1ncncc1C(=O)N1CCCC1C1CCCCC1O. The van der Waals surface area contributed by atoms with Crippen LogP contribution in [-0.2, 0) is 0 Å². The first-order valence-corrected chi connectivity index (χ1v) is 7.73. The molecule has 1 amide bonds. The smallest absolute Gasteiger partial charge is 0.259 e. The molecule has 0 aromatic carbocycles. The van der Waals surface area contributed by atoms with Gasteiger partial charge in [0.25, 0.3) is 5.91 Å². The number of hydrogen-bond acceptors (Lipinski definition) is 5. The molecule has 0 radical (unpaired) electrons. The van der Waals surface area contributed by atoms with Gasteiger partial charge in [0.05, 0.1) is 6.10 Å². The molecular weight excluding hydrogens is 268 g/mol. The summed E-state index contributed by atoms with van der Waals surface area (Å²) >= 11 is 0. The Bertz CT molecular complexity index is 522. The Morgan fingerprint density at radius 1 is 1.29 bits per heavy atom. The molecule has 1 saturated heterocycles. The number of anilines is 1. The zero-order valence-corrected chi connectivity index (χ0v) is 12.1. The van der Waals surface area contributed by atoms with Gasteiger partial charge in [-0.3, -0.25) is 4.79 Å². The van der Waals surface area contributed by atoms with Crippen molar-refractivity contribution in [1.82, 2.24) is 14.9 Å². The van der Waals surface area contributed by atoms with Crippen LogP contribution in [0.3, 0.4) is 0 Å². The zero-order valence-electron chi connectivity index (χ0n) is 12.1. The van der Waals surface area contributed by atoms with Gasteiger partial charge in [-0.05, 0) is 25.7 Å². The normalized spacial score (nSPS) is 29.6. The highest BCUT2D eigenvalue weighted by Gasteiger charge is 2.39. The monoisotopic (exact) mass is 290 g/mol. The third-order valence-electron chi connectivity index (χ3n) is 4.81. The van der Waals surface area contributed by atoms with Crippen molar-refractivity contribution in [2.45, 2.75) is 50.7 Å². The lowest BCUT2D eigenvalue weighted by Gasteiger charge is -2.37. The number of hydrogen-bond donors (Lipinski definition) is 2. The minimum absolute atomic E-state index is 0.103. The van der Waals surface area contributed by atoms with Gasteiger partial charge in [-0.25, -0.2) is 9.97 Å². The maximum Gasteiger partial charge on any atom is 0.259 e. The Morgan fingerprint density at radius 3 is 2.86 bits per heavy atom.